The van der Waals surface area contributed by atoms with Crippen molar-refractivity contribution in [2.45, 2.75) is 57.7 Å². The average Bonchev–Trinajstić information content (AvgIpc) is 2.47. The van der Waals surface area contributed by atoms with E-state index in [0.717, 1.165) is 43.5 Å². The highest BCUT2D eigenvalue weighted by molar-refractivity contribution is 5.55. The molecular formula is C17H27FN2O. The summed E-state index contributed by atoms with van der Waals surface area (Å²) in [4.78, 5) is 2.13. The number of hydrogen-bond acceptors (Lipinski definition) is 3. The Morgan fingerprint density at radius 1 is 1.38 bits per heavy atom. The Bertz CT molecular complexity index is 466. The van der Waals surface area contributed by atoms with Crippen LogP contribution in [0.25, 0.3) is 0 Å². The van der Waals surface area contributed by atoms with Crippen LogP contribution >= 0.6 is 0 Å². The fraction of sp³-hybridized carbons (Fsp3) is 0.647. The maximum absolute atomic E-state index is 13.6. The van der Waals surface area contributed by atoms with E-state index in [2.05, 4.69) is 10.2 Å². The molecule has 0 aliphatic heterocycles. The molecule has 3 nitrogen and oxygen atoms in total. The van der Waals surface area contributed by atoms with Crippen LogP contribution in [0.3, 0.4) is 0 Å². The minimum Gasteiger partial charge on any atom is -0.391 e. The van der Waals surface area contributed by atoms with Crippen LogP contribution in [0.4, 0.5) is 10.1 Å². The summed E-state index contributed by atoms with van der Waals surface area (Å²) >= 11 is 0. The zero-order valence-electron chi connectivity index (χ0n) is 13.3. The van der Waals surface area contributed by atoms with Gasteiger partial charge in [0.05, 0.1) is 12.1 Å². The first-order valence-electron chi connectivity index (χ1n) is 7.98. The van der Waals surface area contributed by atoms with E-state index < -0.39 is 0 Å². The molecule has 3 unspecified atom stereocenters. The summed E-state index contributed by atoms with van der Waals surface area (Å²) in [6, 6.07) is 5.15. The number of nitrogens with one attached hydrogen (secondary N) is 1. The fourth-order valence-corrected chi connectivity index (χ4v) is 3.33. The van der Waals surface area contributed by atoms with Crippen molar-refractivity contribution in [3.8, 4) is 0 Å². The lowest BCUT2D eigenvalue weighted by molar-refractivity contribution is 0.106. The van der Waals surface area contributed by atoms with Crippen molar-refractivity contribution >= 4 is 5.69 Å². The second kappa shape index (κ2) is 7.23. The molecule has 1 aromatic carbocycles. The molecule has 0 aromatic heterocycles. The average molecular weight is 294 g/mol. The van der Waals surface area contributed by atoms with Crippen molar-refractivity contribution in [1.29, 1.82) is 0 Å². The molecule has 0 bridgehead atoms. The zero-order chi connectivity index (χ0) is 15.4. The first-order valence-corrected chi connectivity index (χ1v) is 7.98. The van der Waals surface area contributed by atoms with Crippen LogP contribution in [0.2, 0.25) is 0 Å². The molecule has 1 aliphatic carbocycles. The Morgan fingerprint density at radius 3 is 2.76 bits per heavy atom. The predicted molar refractivity (Wildman–Crippen MR) is 85.2 cm³/mol. The van der Waals surface area contributed by atoms with Crippen molar-refractivity contribution in [1.82, 2.24) is 5.32 Å². The molecule has 1 saturated carbocycles. The highest BCUT2D eigenvalue weighted by Gasteiger charge is 2.28. The number of aliphatic hydroxyl groups excluding tert-OH is 1. The van der Waals surface area contributed by atoms with Crippen LogP contribution in [0, 0.1) is 5.82 Å². The first-order chi connectivity index (χ1) is 10.0. The van der Waals surface area contributed by atoms with Crippen LogP contribution in [0.15, 0.2) is 18.2 Å². The van der Waals surface area contributed by atoms with Gasteiger partial charge in [-0.2, -0.15) is 0 Å². The minimum absolute atomic E-state index is 0.0869. The van der Waals surface area contributed by atoms with E-state index in [0.29, 0.717) is 0 Å². The van der Waals surface area contributed by atoms with E-state index in [4.69, 9.17) is 0 Å². The van der Waals surface area contributed by atoms with Crippen LogP contribution in [0.1, 0.15) is 51.1 Å². The van der Waals surface area contributed by atoms with Gasteiger partial charge in [-0.25, -0.2) is 4.39 Å². The molecule has 0 radical (unpaired) electrons. The molecule has 1 aliphatic rings. The molecule has 2 N–H and O–H groups in total. The lowest BCUT2D eigenvalue weighted by atomic mass is 9.90. The molecule has 0 saturated heterocycles. The number of likely N-dealkylation sites (N-methyl/N-ethyl adjacent to an activating group) is 1. The van der Waals surface area contributed by atoms with Crippen molar-refractivity contribution in [3.63, 3.8) is 0 Å². The standard InChI is InChI=1S/C17H27FN2O/c1-4-19-12(2)14-11-13(18)9-10-15(14)20(3)16-7-5-6-8-17(16)21/h9-12,16-17,19,21H,4-8H2,1-3H3. The smallest absolute Gasteiger partial charge is 0.123 e. The lowest BCUT2D eigenvalue weighted by Gasteiger charge is -2.38. The molecule has 0 amide bonds. The summed E-state index contributed by atoms with van der Waals surface area (Å²) in [5.74, 6) is -0.212. The Balaban J connectivity index is 2.28. The van der Waals surface area contributed by atoms with Gasteiger partial charge in [0.15, 0.2) is 0 Å². The molecule has 1 aromatic rings. The Kier molecular flexibility index (Phi) is 5.59. The molecule has 1 fully saturated rings. The maximum Gasteiger partial charge on any atom is 0.123 e. The van der Waals surface area contributed by atoms with Crippen LogP contribution < -0.4 is 10.2 Å². The van der Waals surface area contributed by atoms with Gasteiger partial charge in [0, 0.05) is 18.8 Å². The van der Waals surface area contributed by atoms with Crippen LogP contribution in [-0.4, -0.2) is 30.8 Å². The van der Waals surface area contributed by atoms with E-state index in [1.165, 1.54) is 6.07 Å². The van der Waals surface area contributed by atoms with Gasteiger partial charge in [-0.05, 0) is 50.1 Å². The number of rotatable bonds is 5. The van der Waals surface area contributed by atoms with Crippen molar-refractivity contribution in [2.75, 3.05) is 18.5 Å². The molecule has 3 atom stereocenters. The number of hydrogen-bond donors (Lipinski definition) is 2. The lowest BCUT2D eigenvalue weighted by Crippen LogP contribution is -2.44. The van der Waals surface area contributed by atoms with Gasteiger partial charge in [0.1, 0.15) is 5.82 Å². The van der Waals surface area contributed by atoms with Crippen LogP contribution in [-0.2, 0) is 0 Å². The van der Waals surface area contributed by atoms with Crippen molar-refractivity contribution < 1.29 is 9.50 Å². The molecule has 2 rings (SSSR count). The van der Waals surface area contributed by atoms with Crippen molar-refractivity contribution in [2.24, 2.45) is 0 Å². The molecule has 118 valence electrons. The van der Waals surface area contributed by atoms with Gasteiger partial charge in [0.25, 0.3) is 0 Å². The fourth-order valence-electron chi connectivity index (χ4n) is 3.33. The molecule has 4 heteroatoms. The Hall–Kier alpha value is -1.13. The van der Waals surface area contributed by atoms with Gasteiger partial charge in [-0.1, -0.05) is 19.8 Å². The Morgan fingerprint density at radius 2 is 2.10 bits per heavy atom. The summed E-state index contributed by atoms with van der Waals surface area (Å²) < 4.78 is 13.6. The quantitative estimate of drug-likeness (QED) is 0.875. The van der Waals surface area contributed by atoms with Crippen LogP contribution in [0.5, 0.6) is 0 Å². The van der Waals surface area contributed by atoms with E-state index in [1.54, 1.807) is 6.07 Å². The van der Waals surface area contributed by atoms with E-state index in [1.807, 2.05) is 27.0 Å². The minimum atomic E-state index is -0.295. The summed E-state index contributed by atoms with van der Waals surface area (Å²) in [6.45, 7) is 4.93. The van der Waals surface area contributed by atoms with Gasteiger partial charge in [-0.3, -0.25) is 0 Å². The summed E-state index contributed by atoms with van der Waals surface area (Å²) in [5.41, 5.74) is 1.97. The van der Waals surface area contributed by atoms with Gasteiger partial charge in [0.2, 0.25) is 0 Å². The van der Waals surface area contributed by atoms with Gasteiger partial charge < -0.3 is 15.3 Å². The van der Waals surface area contributed by atoms with Crippen molar-refractivity contribution in [3.05, 3.63) is 29.6 Å². The molecule has 21 heavy (non-hydrogen) atoms. The number of benzene rings is 1. The predicted octanol–water partition coefficient (Wildman–Crippen LogP) is 3.24. The summed E-state index contributed by atoms with van der Waals surface area (Å²) in [6.07, 6.45) is 3.79. The van der Waals surface area contributed by atoms with Gasteiger partial charge >= 0.3 is 0 Å². The number of anilines is 1. The second-order valence-electron chi connectivity index (χ2n) is 6.01. The highest BCUT2D eigenvalue weighted by atomic mass is 19.1. The second-order valence-corrected chi connectivity index (χ2v) is 6.01. The van der Waals surface area contributed by atoms with E-state index in [9.17, 15) is 9.50 Å². The normalized spacial score (nSPS) is 23.9. The maximum atomic E-state index is 13.6. The largest absolute Gasteiger partial charge is 0.391 e. The molecular weight excluding hydrogens is 267 g/mol. The monoisotopic (exact) mass is 294 g/mol. The van der Waals surface area contributed by atoms with E-state index in [-0.39, 0.29) is 24.0 Å². The molecule has 0 heterocycles. The Labute approximate surface area is 127 Å². The zero-order valence-corrected chi connectivity index (χ0v) is 13.3. The third-order valence-corrected chi connectivity index (χ3v) is 4.54. The summed E-state index contributed by atoms with van der Waals surface area (Å²) in [5, 5.41) is 13.6. The van der Waals surface area contributed by atoms with E-state index >= 15 is 0 Å². The van der Waals surface area contributed by atoms with Gasteiger partial charge in [-0.15, -0.1) is 0 Å². The first kappa shape index (κ1) is 16.2. The number of aliphatic hydroxyl groups is 1. The highest BCUT2D eigenvalue weighted by Crippen LogP contribution is 2.32. The third-order valence-electron chi connectivity index (χ3n) is 4.54. The SMILES string of the molecule is CCNC(C)c1cc(F)ccc1N(C)C1CCCCC1O. The third kappa shape index (κ3) is 3.74. The summed E-state index contributed by atoms with van der Waals surface area (Å²) in [7, 11) is 2.01. The topological polar surface area (TPSA) is 35.5 Å². The molecule has 0 spiro atoms. The number of nitrogens with zero attached hydrogens (tertiary/aromatic N) is 1. The number of halogens is 1.